The molecule has 8 heteroatoms. The van der Waals surface area contributed by atoms with Crippen molar-refractivity contribution in [2.45, 2.75) is 25.4 Å². The molecule has 1 saturated heterocycles. The highest BCUT2D eigenvalue weighted by Gasteiger charge is 2.50. The molecule has 146 valence electrons. The molecule has 0 spiro atoms. The number of halogens is 1. The van der Waals surface area contributed by atoms with E-state index in [1.54, 1.807) is 51.2 Å². The van der Waals surface area contributed by atoms with Crippen LogP contribution < -0.4 is 5.32 Å². The molecule has 0 bridgehead atoms. The number of imide groups is 1. The van der Waals surface area contributed by atoms with Crippen molar-refractivity contribution >= 4 is 17.8 Å². The summed E-state index contributed by atoms with van der Waals surface area (Å²) in [5.74, 6) is -1.31. The number of carbonyl (C=O) groups excluding carboxylic acids is 3. The predicted octanol–water partition coefficient (Wildman–Crippen LogP) is 2.21. The van der Waals surface area contributed by atoms with Crippen LogP contribution in [0.2, 0.25) is 0 Å². The first kappa shape index (κ1) is 19.5. The minimum atomic E-state index is -1.32. The quantitative estimate of drug-likeness (QED) is 0.802. The fourth-order valence-electron chi connectivity index (χ4n) is 3.10. The summed E-state index contributed by atoms with van der Waals surface area (Å²) in [6, 6.07) is 9.91. The van der Waals surface area contributed by atoms with Gasteiger partial charge >= 0.3 is 6.03 Å². The van der Waals surface area contributed by atoms with Crippen LogP contribution in [0, 0.1) is 5.82 Å². The Labute approximate surface area is 162 Å². The number of hydrogen-bond acceptors (Lipinski definition) is 4. The summed E-state index contributed by atoms with van der Waals surface area (Å²) in [6.45, 7) is 2.95. The van der Waals surface area contributed by atoms with Gasteiger partial charge in [0.2, 0.25) is 5.91 Å². The third-order valence-electron chi connectivity index (χ3n) is 5.07. The Balaban J connectivity index is 1.74. The minimum absolute atomic E-state index is 0.351. The number of urea groups is 1. The average Bonchev–Trinajstić information content (AvgIpc) is 2.92. The maximum Gasteiger partial charge on any atom is 0.325 e. The first-order valence-electron chi connectivity index (χ1n) is 8.81. The van der Waals surface area contributed by atoms with Crippen molar-refractivity contribution in [2.24, 2.45) is 0 Å². The Kier molecular flexibility index (Phi) is 5.13. The normalized spacial score (nSPS) is 20.1. The molecule has 2 heterocycles. The highest BCUT2D eigenvalue weighted by molar-refractivity contribution is 6.08. The summed E-state index contributed by atoms with van der Waals surface area (Å²) < 4.78 is 13.1. The third kappa shape index (κ3) is 3.45. The van der Waals surface area contributed by atoms with E-state index in [1.165, 1.54) is 23.2 Å². The number of hydrogen-bond donors (Lipinski definition) is 1. The summed E-state index contributed by atoms with van der Waals surface area (Å²) in [5.41, 5.74) is -0.177. The van der Waals surface area contributed by atoms with Crippen LogP contribution in [0.3, 0.4) is 0 Å². The fraction of sp³-hybridized carbons (Fsp3) is 0.300. The molecule has 0 saturated carbocycles. The van der Waals surface area contributed by atoms with Gasteiger partial charge in [0.05, 0.1) is 11.7 Å². The zero-order valence-corrected chi connectivity index (χ0v) is 15.8. The number of nitrogens with zero attached hydrogens (tertiary/aromatic N) is 3. The van der Waals surface area contributed by atoms with Crippen LogP contribution in [0.25, 0.3) is 0 Å². The van der Waals surface area contributed by atoms with Crippen LogP contribution >= 0.6 is 0 Å². The fourth-order valence-corrected chi connectivity index (χ4v) is 3.10. The highest BCUT2D eigenvalue weighted by atomic mass is 19.1. The maximum atomic E-state index is 13.1. The van der Waals surface area contributed by atoms with Crippen LogP contribution in [0.1, 0.15) is 31.1 Å². The van der Waals surface area contributed by atoms with Crippen molar-refractivity contribution in [3.8, 4) is 0 Å². The number of amides is 4. The Morgan fingerprint density at radius 1 is 1.25 bits per heavy atom. The van der Waals surface area contributed by atoms with Gasteiger partial charge in [0.15, 0.2) is 5.54 Å². The predicted molar refractivity (Wildman–Crippen MR) is 99.4 cm³/mol. The van der Waals surface area contributed by atoms with E-state index in [9.17, 15) is 18.8 Å². The van der Waals surface area contributed by atoms with Crippen molar-refractivity contribution < 1.29 is 18.8 Å². The van der Waals surface area contributed by atoms with E-state index in [1.807, 2.05) is 0 Å². The lowest BCUT2D eigenvalue weighted by molar-refractivity contribution is -0.139. The van der Waals surface area contributed by atoms with Crippen molar-refractivity contribution in [2.75, 3.05) is 13.6 Å². The van der Waals surface area contributed by atoms with E-state index in [0.717, 1.165) is 10.5 Å². The van der Waals surface area contributed by atoms with Crippen LogP contribution in [-0.2, 0) is 15.1 Å². The Morgan fingerprint density at radius 3 is 2.54 bits per heavy atom. The van der Waals surface area contributed by atoms with Gasteiger partial charge < -0.3 is 10.2 Å². The number of rotatable bonds is 5. The molecule has 2 aromatic rings. The number of benzene rings is 1. The largest absolute Gasteiger partial charge is 0.337 e. The maximum absolute atomic E-state index is 13.1. The molecule has 1 aliphatic heterocycles. The lowest BCUT2D eigenvalue weighted by Crippen LogP contribution is -2.44. The van der Waals surface area contributed by atoms with Gasteiger partial charge in [0, 0.05) is 13.2 Å². The van der Waals surface area contributed by atoms with Gasteiger partial charge in [-0.3, -0.25) is 19.5 Å². The smallest absolute Gasteiger partial charge is 0.325 e. The zero-order chi connectivity index (χ0) is 20.5. The Morgan fingerprint density at radius 2 is 1.93 bits per heavy atom. The number of carbonyl (C=O) groups is 3. The monoisotopic (exact) mass is 384 g/mol. The highest BCUT2D eigenvalue weighted by Crippen LogP contribution is 2.27. The van der Waals surface area contributed by atoms with Crippen molar-refractivity contribution in [3.05, 3.63) is 65.7 Å². The van der Waals surface area contributed by atoms with E-state index >= 15 is 0 Å². The summed E-state index contributed by atoms with van der Waals surface area (Å²) in [5, 5.41) is 2.62. The number of pyridine rings is 1. The molecule has 7 nitrogen and oxygen atoms in total. The molecule has 3 rings (SSSR count). The van der Waals surface area contributed by atoms with Crippen molar-refractivity contribution in [3.63, 3.8) is 0 Å². The lowest BCUT2D eigenvalue weighted by Gasteiger charge is -2.27. The number of aromatic nitrogens is 1. The molecular weight excluding hydrogens is 363 g/mol. The summed E-state index contributed by atoms with van der Waals surface area (Å²) >= 11 is 0. The topological polar surface area (TPSA) is 82.6 Å². The molecule has 1 aliphatic rings. The standard InChI is InChI=1S/C20H21FN4O3/c1-13(14-7-9-15(21)10-8-14)24(3)17(26)12-25-18(27)20(2,23-19(25)28)16-6-4-5-11-22-16/h4-11,13H,12H2,1-3H3,(H,23,28). The first-order valence-corrected chi connectivity index (χ1v) is 8.81. The molecule has 0 aliphatic carbocycles. The van der Waals surface area contributed by atoms with E-state index in [2.05, 4.69) is 10.3 Å². The van der Waals surface area contributed by atoms with Gasteiger partial charge in [-0.2, -0.15) is 0 Å². The van der Waals surface area contributed by atoms with Crippen LogP contribution in [-0.4, -0.2) is 46.2 Å². The summed E-state index contributed by atoms with van der Waals surface area (Å²) in [7, 11) is 1.58. The molecule has 1 N–H and O–H groups in total. The minimum Gasteiger partial charge on any atom is -0.337 e. The van der Waals surface area contributed by atoms with Gasteiger partial charge in [-0.1, -0.05) is 18.2 Å². The van der Waals surface area contributed by atoms with E-state index in [4.69, 9.17) is 0 Å². The first-order chi connectivity index (χ1) is 13.2. The molecule has 2 unspecified atom stereocenters. The van der Waals surface area contributed by atoms with E-state index < -0.39 is 29.9 Å². The van der Waals surface area contributed by atoms with Crippen LogP contribution in [0.5, 0.6) is 0 Å². The molecular formula is C20H21FN4O3. The summed E-state index contributed by atoms with van der Waals surface area (Å²) in [4.78, 5) is 44.4. The third-order valence-corrected chi connectivity index (χ3v) is 5.07. The second kappa shape index (κ2) is 7.38. The van der Waals surface area contributed by atoms with E-state index in [0.29, 0.717) is 5.69 Å². The molecule has 0 radical (unpaired) electrons. The molecule has 2 atom stereocenters. The molecule has 28 heavy (non-hydrogen) atoms. The van der Waals surface area contributed by atoms with Gasteiger partial charge in [-0.05, 0) is 43.7 Å². The van der Waals surface area contributed by atoms with E-state index in [-0.39, 0.29) is 11.9 Å². The second-order valence-electron chi connectivity index (χ2n) is 6.89. The SMILES string of the molecule is CC(c1ccc(F)cc1)N(C)C(=O)CN1C(=O)NC(C)(c2ccccn2)C1=O. The van der Waals surface area contributed by atoms with Crippen LogP contribution in [0.4, 0.5) is 9.18 Å². The van der Waals surface area contributed by atoms with Crippen molar-refractivity contribution in [1.29, 1.82) is 0 Å². The average molecular weight is 384 g/mol. The van der Waals surface area contributed by atoms with Gasteiger partial charge in [-0.15, -0.1) is 0 Å². The van der Waals surface area contributed by atoms with Crippen molar-refractivity contribution in [1.82, 2.24) is 20.1 Å². The van der Waals surface area contributed by atoms with Gasteiger partial charge in [-0.25, -0.2) is 9.18 Å². The Bertz CT molecular complexity index is 903. The molecule has 1 aromatic carbocycles. The second-order valence-corrected chi connectivity index (χ2v) is 6.89. The van der Waals surface area contributed by atoms with Crippen LogP contribution in [0.15, 0.2) is 48.7 Å². The molecule has 1 aromatic heterocycles. The van der Waals surface area contributed by atoms with Gasteiger partial charge in [0.25, 0.3) is 5.91 Å². The molecule has 1 fully saturated rings. The number of likely N-dealkylation sites (N-methyl/N-ethyl adjacent to an activating group) is 1. The summed E-state index contributed by atoms with van der Waals surface area (Å²) in [6.07, 6.45) is 1.53. The molecule has 4 amide bonds. The number of nitrogens with one attached hydrogen (secondary N) is 1. The van der Waals surface area contributed by atoms with Gasteiger partial charge in [0.1, 0.15) is 12.4 Å². The lowest BCUT2D eigenvalue weighted by atomic mass is 9.97. The zero-order valence-electron chi connectivity index (χ0n) is 15.8. The Hall–Kier alpha value is -3.29.